The van der Waals surface area contributed by atoms with Gasteiger partial charge in [0.15, 0.2) is 11.5 Å². The van der Waals surface area contributed by atoms with Crippen LogP contribution in [0.4, 0.5) is 4.39 Å². The Balaban J connectivity index is 2.49. The summed E-state index contributed by atoms with van der Waals surface area (Å²) in [6.45, 7) is 1.40. The molecule has 1 unspecified atom stereocenters. The molecule has 1 aliphatic rings. The number of ether oxygens (including phenoxy) is 2. The number of rotatable bonds is 2. The largest absolute Gasteiger partial charge is 0.454 e. The van der Waals surface area contributed by atoms with E-state index < -0.39 is 6.17 Å². The van der Waals surface area contributed by atoms with Crippen molar-refractivity contribution >= 4 is 0 Å². The van der Waals surface area contributed by atoms with Crippen LogP contribution in [0.25, 0.3) is 0 Å². The molecule has 1 aliphatic heterocycles. The van der Waals surface area contributed by atoms with E-state index in [-0.39, 0.29) is 13.4 Å². The first kappa shape index (κ1) is 9.27. The lowest BCUT2D eigenvalue weighted by atomic mass is 10.1. The molecule has 14 heavy (non-hydrogen) atoms. The standard InChI is InChI=1S/C10H11FO3/c1-6(11)7-2-8(4-12)10-9(3-7)13-5-14-10/h2-3,6,12H,4-5H2,1H3. The maximum Gasteiger partial charge on any atom is 0.231 e. The fourth-order valence-electron chi connectivity index (χ4n) is 1.45. The van der Waals surface area contributed by atoms with E-state index in [1.54, 1.807) is 12.1 Å². The maximum atomic E-state index is 13.0. The molecular weight excluding hydrogens is 187 g/mol. The highest BCUT2D eigenvalue weighted by Gasteiger charge is 2.20. The SMILES string of the molecule is CC(F)c1cc(CO)c2c(c1)OCO2. The van der Waals surface area contributed by atoms with Gasteiger partial charge in [-0.05, 0) is 24.6 Å². The van der Waals surface area contributed by atoms with Gasteiger partial charge in [0.25, 0.3) is 0 Å². The molecule has 3 nitrogen and oxygen atoms in total. The third-order valence-electron chi connectivity index (χ3n) is 2.20. The molecule has 1 aromatic carbocycles. The molecule has 76 valence electrons. The van der Waals surface area contributed by atoms with Crippen molar-refractivity contribution in [3.05, 3.63) is 23.3 Å². The molecule has 0 saturated heterocycles. The molecule has 0 spiro atoms. The third kappa shape index (κ3) is 1.42. The van der Waals surface area contributed by atoms with Crippen LogP contribution in [0.2, 0.25) is 0 Å². The molecule has 0 amide bonds. The van der Waals surface area contributed by atoms with Crippen molar-refractivity contribution in [2.75, 3.05) is 6.79 Å². The minimum absolute atomic E-state index is 0.131. The zero-order valence-electron chi connectivity index (χ0n) is 7.79. The van der Waals surface area contributed by atoms with E-state index in [9.17, 15) is 4.39 Å². The minimum Gasteiger partial charge on any atom is -0.454 e. The maximum absolute atomic E-state index is 13.0. The quantitative estimate of drug-likeness (QED) is 0.789. The second-order valence-electron chi connectivity index (χ2n) is 3.19. The summed E-state index contributed by atoms with van der Waals surface area (Å²) in [5.41, 5.74) is 1.07. The molecule has 0 saturated carbocycles. The Labute approximate surface area is 81.1 Å². The Morgan fingerprint density at radius 2 is 2.29 bits per heavy atom. The van der Waals surface area contributed by atoms with E-state index >= 15 is 0 Å². The lowest BCUT2D eigenvalue weighted by Crippen LogP contribution is -1.94. The zero-order valence-corrected chi connectivity index (χ0v) is 7.79. The summed E-state index contributed by atoms with van der Waals surface area (Å²) in [4.78, 5) is 0. The first-order chi connectivity index (χ1) is 6.72. The predicted molar refractivity (Wildman–Crippen MR) is 48.0 cm³/mol. The van der Waals surface area contributed by atoms with E-state index in [1.165, 1.54) is 6.92 Å². The highest BCUT2D eigenvalue weighted by molar-refractivity contribution is 5.51. The van der Waals surface area contributed by atoms with Gasteiger partial charge >= 0.3 is 0 Å². The second-order valence-corrected chi connectivity index (χ2v) is 3.19. The van der Waals surface area contributed by atoms with Gasteiger partial charge in [-0.3, -0.25) is 0 Å². The van der Waals surface area contributed by atoms with Crippen LogP contribution in [-0.4, -0.2) is 11.9 Å². The predicted octanol–water partition coefficient (Wildman–Crippen LogP) is 1.94. The van der Waals surface area contributed by atoms with Crippen LogP contribution in [0.5, 0.6) is 11.5 Å². The van der Waals surface area contributed by atoms with Crippen LogP contribution in [-0.2, 0) is 6.61 Å². The summed E-state index contributed by atoms with van der Waals surface area (Å²) in [6.07, 6.45) is -1.07. The Hall–Kier alpha value is -1.29. The fraction of sp³-hybridized carbons (Fsp3) is 0.400. The highest BCUT2D eigenvalue weighted by atomic mass is 19.1. The summed E-state index contributed by atoms with van der Waals surface area (Å²) in [5.74, 6) is 1.04. The topological polar surface area (TPSA) is 38.7 Å². The molecule has 0 radical (unpaired) electrons. The van der Waals surface area contributed by atoms with E-state index in [2.05, 4.69) is 0 Å². The van der Waals surface area contributed by atoms with Gasteiger partial charge in [0.2, 0.25) is 6.79 Å². The molecular formula is C10H11FO3. The van der Waals surface area contributed by atoms with Crippen molar-refractivity contribution < 1.29 is 19.0 Å². The molecule has 0 bridgehead atoms. The van der Waals surface area contributed by atoms with Crippen molar-refractivity contribution in [1.29, 1.82) is 0 Å². The van der Waals surface area contributed by atoms with Gasteiger partial charge in [0, 0.05) is 5.56 Å². The normalized spacial score (nSPS) is 15.6. The molecule has 0 fully saturated rings. The second kappa shape index (κ2) is 3.46. The molecule has 1 atom stereocenters. The highest BCUT2D eigenvalue weighted by Crippen LogP contribution is 2.38. The van der Waals surface area contributed by atoms with Crippen LogP contribution in [0.15, 0.2) is 12.1 Å². The van der Waals surface area contributed by atoms with Gasteiger partial charge in [-0.1, -0.05) is 0 Å². The van der Waals surface area contributed by atoms with Crippen molar-refractivity contribution in [3.8, 4) is 11.5 Å². The monoisotopic (exact) mass is 198 g/mol. The van der Waals surface area contributed by atoms with Crippen LogP contribution in [0.3, 0.4) is 0 Å². The first-order valence-corrected chi connectivity index (χ1v) is 4.39. The Bertz CT molecular complexity index is 349. The molecule has 1 heterocycles. The lowest BCUT2D eigenvalue weighted by Gasteiger charge is -2.07. The fourth-order valence-corrected chi connectivity index (χ4v) is 1.45. The smallest absolute Gasteiger partial charge is 0.231 e. The van der Waals surface area contributed by atoms with Crippen LogP contribution < -0.4 is 9.47 Å². The molecule has 4 heteroatoms. The summed E-state index contributed by atoms with van der Waals surface area (Å²) < 4.78 is 23.3. The van der Waals surface area contributed by atoms with Gasteiger partial charge in [0.1, 0.15) is 6.17 Å². The van der Waals surface area contributed by atoms with Gasteiger partial charge in [0.05, 0.1) is 6.61 Å². The van der Waals surface area contributed by atoms with E-state index in [0.717, 1.165) is 0 Å². The number of aliphatic hydroxyl groups excluding tert-OH is 1. The van der Waals surface area contributed by atoms with E-state index in [1.807, 2.05) is 0 Å². The molecule has 0 aromatic heterocycles. The Morgan fingerprint density at radius 1 is 1.50 bits per heavy atom. The number of aliphatic hydroxyl groups is 1. The molecule has 0 aliphatic carbocycles. The Kier molecular flexibility index (Phi) is 2.29. The summed E-state index contributed by atoms with van der Waals surface area (Å²) in [5, 5.41) is 9.05. The molecule has 1 N–H and O–H groups in total. The van der Waals surface area contributed by atoms with E-state index in [4.69, 9.17) is 14.6 Å². The number of halogens is 1. The third-order valence-corrected chi connectivity index (χ3v) is 2.20. The minimum atomic E-state index is -1.07. The van der Waals surface area contributed by atoms with Gasteiger partial charge < -0.3 is 14.6 Å². The molecule has 1 aromatic rings. The number of fused-ring (bicyclic) bond motifs is 1. The van der Waals surface area contributed by atoms with Crippen molar-refractivity contribution in [2.24, 2.45) is 0 Å². The number of hydrogen-bond acceptors (Lipinski definition) is 3. The lowest BCUT2D eigenvalue weighted by molar-refractivity contribution is 0.171. The molecule has 2 rings (SSSR count). The zero-order chi connectivity index (χ0) is 10.1. The van der Waals surface area contributed by atoms with Crippen molar-refractivity contribution in [1.82, 2.24) is 0 Å². The number of benzene rings is 1. The number of hydrogen-bond donors (Lipinski definition) is 1. The summed E-state index contributed by atoms with van der Waals surface area (Å²) >= 11 is 0. The Morgan fingerprint density at radius 3 is 2.93 bits per heavy atom. The van der Waals surface area contributed by atoms with Crippen LogP contribution in [0.1, 0.15) is 24.2 Å². The average molecular weight is 198 g/mol. The van der Waals surface area contributed by atoms with Gasteiger partial charge in [-0.25, -0.2) is 4.39 Å². The first-order valence-electron chi connectivity index (χ1n) is 4.39. The van der Waals surface area contributed by atoms with Gasteiger partial charge in [-0.15, -0.1) is 0 Å². The summed E-state index contributed by atoms with van der Waals surface area (Å²) in [6, 6.07) is 3.20. The average Bonchev–Trinajstić information content (AvgIpc) is 2.63. The summed E-state index contributed by atoms with van der Waals surface area (Å²) in [7, 11) is 0. The van der Waals surface area contributed by atoms with Crippen LogP contribution >= 0.6 is 0 Å². The van der Waals surface area contributed by atoms with Gasteiger partial charge in [-0.2, -0.15) is 0 Å². The van der Waals surface area contributed by atoms with Crippen molar-refractivity contribution in [2.45, 2.75) is 19.7 Å². The van der Waals surface area contributed by atoms with Crippen molar-refractivity contribution in [3.63, 3.8) is 0 Å². The number of alkyl halides is 1. The van der Waals surface area contributed by atoms with E-state index in [0.29, 0.717) is 22.6 Å². The van der Waals surface area contributed by atoms with Crippen LogP contribution in [0, 0.1) is 0 Å².